The largest absolute Gasteiger partial charge is 0.481 e. The molecule has 1 aliphatic carbocycles. The zero-order valence-corrected chi connectivity index (χ0v) is 12.3. The zero-order chi connectivity index (χ0) is 15.2. The summed E-state index contributed by atoms with van der Waals surface area (Å²) in [6.45, 7) is 0. The average Bonchev–Trinajstić information content (AvgIpc) is 3.29. The van der Waals surface area contributed by atoms with Crippen LogP contribution in [0.5, 0.6) is 0 Å². The summed E-state index contributed by atoms with van der Waals surface area (Å²) in [5.74, 6) is -0.835. The van der Waals surface area contributed by atoms with E-state index in [0.717, 1.165) is 18.4 Å². The highest BCUT2D eigenvalue weighted by Gasteiger charge is 2.30. The van der Waals surface area contributed by atoms with Gasteiger partial charge in [0.2, 0.25) is 0 Å². The van der Waals surface area contributed by atoms with Crippen LogP contribution in [0, 0.1) is 0 Å². The number of amides is 2. The van der Waals surface area contributed by atoms with Gasteiger partial charge in [-0.05, 0) is 31.2 Å². The zero-order valence-electron chi connectivity index (χ0n) is 12.3. The molecule has 1 unspecified atom stereocenters. The summed E-state index contributed by atoms with van der Waals surface area (Å²) >= 11 is 0. The van der Waals surface area contributed by atoms with Gasteiger partial charge in [0.05, 0.1) is 0 Å². The van der Waals surface area contributed by atoms with Gasteiger partial charge in [-0.1, -0.05) is 30.3 Å². The van der Waals surface area contributed by atoms with Crippen LogP contribution in [0.4, 0.5) is 4.79 Å². The number of hydrogen-bond donors (Lipinski definition) is 2. The fourth-order valence-corrected chi connectivity index (χ4v) is 2.33. The average molecular weight is 290 g/mol. The minimum Gasteiger partial charge on any atom is -0.481 e. The van der Waals surface area contributed by atoms with Gasteiger partial charge in [-0.2, -0.15) is 0 Å². The van der Waals surface area contributed by atoms with Crippen LogP contribution >= 0.6 is 0 Å². The molecule has 5 nitrogen and oxygen atoms in total. The maximum Gasteiger partial charge on any atom is 0.317 e. The number of hydrogen-bond acceptors (Lipinski definition) is 2. The molecule has 1 atom stereocenters. The summed E-state index contributed by atoms with van der Waals surface area (Å²) in [5.41, 5.74) is 1.10. The Balaban J connectivity index is 1.93. The standard InChI is InChI=1S/C16H22N2O3/c1-18(14-8-9-14)16(21)17-13(7-10-15(19)20)11-12-5-3-2-4-6-12/h2-6,13-14H,7-11H2,1H3,(H,17,21)(H,19,20). The number of urea groups is 1. The van der Waals surface area contributed by atoms with E-state index >= 15 is 0 Å². The van der Waals surface area contributed by atoms with Gasteiger partial charge in [0.1, 0.15) is 0 Å². The van der Waals surface area contributed by atoms with Crippen molar-refractivity contribution in [1.82, 2.24) is 10.2 Å². The molecule has 0 aromatic heterocycles. The molecule has 1 aromatic carbocycles. The van der Waals surface area contributed by atoms with Gasteiger partial charge in [-0.15, -0.1) is 0 Å². The van der Waals surface area contributed by atoms with Crippen molar-refractivity contribution in [2.75, 3.05) is 7.05 Å². The highest BCUT2D eigenvalue weighted by atomic mass is 16.4. The minimum absolute atomic E-state index is 0.0604. The van der Waals surface area contributed by atoms with Crippen molar-refractivity contribution in [1.29, 1.82) is 0 Å². The monoisotopic (exact) mass is 290 g/mol. The van der Waals surface area contributed by atoms with Crippen LogP contribution in [0.3, 0.4) is 0 Å². The van der Waals surface area contributed by atoms with Crippen molar-refractivity contribution < 1.29 is 14.7 Å². The quantitative estimate of drug-likeness (QED) is 0.809. The fraction of sp³-hybridized carbons (Fsp3) is 0.500. The molecule has 0 bridgehead atoms. The molecule has 0 heterocycles. The van der Waals surface area contributed by atoms with Crippen LogP contribution in [0.25, 0.3) is 0 Å². The van der Waals surface area contributed by atoms with Gasteiger partial charge in [-0.25, -0.2) is 4.79 Å². The van der Waals surface area contributed by atoms with Crippen molar-refractivity contribution in [2.24, 2.45) is 0 Å². The number of rotatable bonds is 7. The van der Waals surface area contributed by atoms with Gasteiger partial charge >= 0.3 is 12.0 Å². The van der Waals surface area contributed by atoms with Crippen LogP contribution in [0.2, 0.25) is 0 Å². The van der Waals surface area contributed by atoms with Crippen molar-refractivity contribution in [2.45, 2.75) is 44.2 Å². The number of carboxylic acids is 1. The Morgan fingerprint density at radius 2 is 2.00 bits per heavy atom. The molecule has 5 heteroatoms. The second kappa shape index (κ2) is 7.11. The molecule has 0 spiro atoms. The topological polar surface area (TPSA) is 69.6 Å². The van der Waals surface area contributed by atoms with E-state index in [4.69, 9.17) is 5.11 Å². The molecule has 2 amide bonds. The number of benzene rings is 1. The lowest BCUT2D eigenvalue weighted by atomic mass is 10.0. The lowest BCUT2D eigenvalue weighted by Gasteiger charge is -2.23. The van der Waals surface area contributed by atoms with Gasteiger partial charge < -0.3 is 15.3 Å². The highest BCUT2D eigenvalue weighted by Crippen LogP contribution is 2.25. The molecule has 1 saturated carbocycles. The fourth-order valence-electron chi connectivity index (χ4n) is 2.33. The third-order valence-corrected chi connectivity index (χ3v) is 3.77. The smallest absolute Gasteiger partial charge is 0.317 e. The molecule has 0 radical (unpaired) electrons. The van der Waals surface area contributed by atoms with Gasteiger partial charge in [0, 0.05) is 25.6 Å². The summed E-state index contributed by atoms with van der Waals surface area (Å²) in [5, 5.41) is 11.8. The first kappa shape index (κ1) is 15.4. The number of carbonyl (C=O) groups is 2. The van der Waals surface area contributed by atoms with E-state index in [1.54, 1.807) is 11.9 Å². The Bertz CT molecular complexity index is 486. The van der Waals surface area contributed by atoms with Crippen LogP contribution in [0.1, 0.15) is 31.2 Å². The Hall–Kier alpha value is -2.04. The minimum atomic E-state index is -0.835. The Morgan fingerprint density at radius 1 is 1.33 bits per heavy atom. The van der Waals surface area contributed by atoms with E-state index in [-0.39, 0.29) is 18.5 Å². The lowest BCUT2D eigenvalue weighted by Crippen LogP contribution is -2.45. The lowest BCUT2D eigenvalue weighted by molar-refractivity contribution is -0.137. The third kappa shape index (κ3) is 5.10. The normalized spacial score (nSPS) is 15.3. The second-order valence-corrected chi connectivity index (χ2v) is 5.61. The van der Waals surface area contributed by atoms with E-state index in [1.807, 2.05) is 30.3 Å². The predicted molar refractivity (Wildman–Crippen MR) is 80.1 cm³/mol. The molecular formula is C16H22N2O3. The molecule has 1 aromatic rings. The first-order valence-corrected chi connectivity index (χ1v) is 7.35. The van der Waals surface area contributed by atoms with Crippen LogP contribution < -0.4 is 5.32 Å². The van der Waals surface area contributed by atoms with Crippen molar-refractivity contribution in [3.63, 3.8) is 0 Å². The number of nitrogens with one attached hydrogen (secondary N) is 1. The van der Waals surface area contributed by atoms with Gasteiger partial charge in [-0.3, -0.25) is 4.79 Å². The summed E-state index contributed by atoms with van der Waals surface area (Å²) in [7, 11) is 1.80. The second-order valence-electron chi connectivity index (χ2n) is 5.61. The summed E-state index contributed by atoms with van der Waals surface area (Å²) in [4.78, 5) is 24.6. The number of carboxylic acid groups (broad SMARTS) is 1. The van der Waals surface area contributed by atoms with Crippen LogP contribution in [-0.2, 0) is 11.2 Å². The van der Waals surface area contributed by atoms with Crippen molar-refractivity contribution in [3.8, 4) is 0 Å². The van der Waals surface area contributed by atoms with Crippen LogP contribution in [-0.4, -0.2) is 41.1 Å². The summed E-state index contributed by atoms with van der Waals surface area (Å²) in [6, 6.07) is 9.90. The van der Waals surface area contributed by atoms with E-state index < -0.39 is 5.97 Å². The van der Waals surface area contributed by atoms with E-state index in [1.165, 1.54) is 0 Å². The number of aliphatic carboxylic acids is 1. The molecule has 114 valence electrons. The van der Waals surface area contributed by atoms with E-state index in [0.29, 0.717) is 18.9 Å². The maximum absolute atomic E-state index is 12.1. The van der Waals surface area contributed by atoms with E-state index in [2.05, 4.69) is 5.32 Å². The maximum atomic E-state index is 12.1. The first-order valence-electron chi connectivity index (χ1n) is 7.35. The van der Waals surface area contributed by atoms with E-state index in [9.17, 15) is 9.59 Å². The van der Waals surface area contributed by atoms with Gasteiger partial charge in [0.25, 0.3) is 0 Å². The Morgan fingerprint density at radius 3 is 2.57 bits per heavy atom. The Labute approximate surface area is 125 Å². The third-order valence-electron chi connectivity index (χ3n) is 3.77. The Kier molecular flexibility index (Phi) is 5.20. The van der Waals surface area contributed by atoms with Crippen LogP contribution in [0.15, 0.2) is 30.3 Å². The molecule has 21 heavy (non-hydrogen) atoms. The molecule has 1 fully saturated rings. The first-order chi connectivity index (χ1) is 10.1. The SMILES string of the molecule is CN(C(=O)NC(CCC(=O)O)Cc1ccccc1)C1CC1. The van der Waals surface area contributed by atoms with Crippen molar-refractivity contribution in [3.05, 3.63) is 35.9 Å². The molecule has 2 N–H and O–H groups in total. The molecule has 1 aliphatic rings. The molecular weight excluding hydrogens is 268 g/mol. The van der Waals surface area contributed by atoms with Crippen molar-refractivity contribution >= 4 is 12.0 Å². The predicted octanol–water partition coefficient (Wildman–Crippen LogP) is 2.27. The highest BCUT2D eigenvalue weighted by molar-refractivity contribution is 5.75. The van der Waals surface area contributed by atoms with Gasteiger partial charge in [0.15, 0.2) is 0 Å². The number of nitrogens with zero attached hydrogens (tertiary/aromatic N) is 1. The molecule has 0 aliphatic heterocycles. The molecule has 2 rings (SSSR count). The number of carbonyl (C=O) groups excluding carboxylic acids is 1. The molecule has 0 saturated heterocycles. The summed E-state index contributed by atoms with van der Waals surface area (Å²) in [6.07, 6.45) is 3.27. The summed E-state index contributed by atoms with van der Waals surface area (Å²) < 4.78 is 0.